The van der Waals surface area contributed by atoms with Crippen LogP contribution in [0.15, 0.2) is 0 Å². The van der Waals surface area contributed by atoms with E-state index in [-0.39, 0.29) is 18.8 Å². The minimum atomic E-state index is -0.772. The van der Waals surface area contributed by atoms with E-state index in [4.69, 9.17) is 14.6 Å². The lowest BCUT2D eigenvalue weighted by Gasteiger charge is -2.41. The highest BCUT2D eigenvalue weighted by Gasteiger charge is 2.43. The predicted molar refractivity (Wildman–Crippen MR) is 55.3 cm³/mol. The molecule has 0 amide bonds. The van der Waals surface area contributed by atoms with Crippen molar-refractivity contribution in [3.63, 3.8) is 0 Å². The highest BCUT2D eigenvalue weighted by Crippen LogP contribution is 2.36. The van der Waals surface area contributed by atoms with Gasteiger partial charge in [-0.1, -0.05) is 6.92 Å². The molecule has 4 nitrogen and oxygen atoms in total. The minimum absolute atomic E-state index is 0.0485. The van der Waals surface area contributed by atoms with E-state index in [1.54, 1.807) is 0 Å². The Morgan fingerprint density at radius 1 is 1.60 bits per heavy atom. The zero-order valence-corrected chi connectivity index (χ0v) is 9.45. The van der Waals surface area contributed by atoms with Crippen LogP contribution in [0.5, 0.6) is 0 Å². The van der Waals surface area contributed by atoms with E-state index in [1.165, 1.54) is 0 Å². The first-order valence-electron chi connectivity index (χ1n) is 5.40. The van der Waals surface area contributed by atoms with Gasteiger partial charge in [0.1, 0.15) is 0 Å². The molecule has 0 aromatic rings. The van der Waals surface area contributed by atoms with Crippen molar-refractivity contribution in [3.05, 3.63) is 0 Å². The average Bonchev–Trinajstić information content (AvgIpc) is 2.27. The molecule has 86 valence electrons. The second-order valence-electron chi connectivity index (χ2n) is 4.26. The molecular weight excluding hydrogens is 194 g/mol. The Labute approximate surface area is 90.8 Å². The van der Waals surface area contributed by atoms with Crippen molar-refractivity contribution < 1.29 is 14.6 Å². The molecule has 1 aliphatic rings. The van der Waals surface area contributed by atoms with Crippen LogP contribution < -0.4 is 0 Å². The maximum atomic E-state index is 9.18. The Morgan fingerprint density at radius 3 is 2.87 bits per heavy atom. The molecule has 1 rings (SSSR count). The average molecular weight is 213 g/mol. The zero-order chi connectivity index (χ0) is 11.4. The Kier molecular flexibility index (Phi) is 4.09. The summed E-state index contributed by atoms with van der Waals surface area (Å²) in [6, 6.07) is 2.23. The quantitative estimate of drug-likeness (QED) is 0.763. The second kappa shape index (κ2) is 4.93. The molecule has 15 heavy (non-hydrogen) atoms. The van der Waals surface area contributed by atoms with Gasteiger partial charge in [0, 0.05) is 12.8 Å². The van der Waals surface area contributed by atoms with Crippen molar-refractivity contribution in [2.75, 3.05) is 19.8 Å². The Balaban J connectivity index is 2.69. The largest absolute Gasteiger partial charge is 0.394 e. The van der Waals surface area contributed by atoms with Crippen LogP contribution in [-0.4, -0.2) is 36.1 Å². The van der Waals surface area contributed by atoms with Gasteiger partial charge in [-0.2, -0.15) is 5.26 Å². The molecule has 0 saturated carbocycles. The summed E-state index contributed by atoms with van der Waals surface area (Å²) in [6.45, 7) is 4.75. The maximum Gasteiger partial charge on any atom is 0.159 e. The minimum Gasteiger partial charge on any atom is -0.394 e. The van der Waals surface area contributed by atoms with Crippen molar-refractivity contribution in [2.45, 2.75) is 44.3 Å². The van der Waals surface area contributed by atoms with Gasteiger partial charge in [0.25, 0.3) is 0 Å². The fourth-order valence-electron chi connectivity index (χ4n) is 1.92. The molecule has 0 radical (unpaired) electrons. The first-order chi connectivity index (χ1) is 7.10. The van der Waals surface area contributed by atoms with E-state index in [1.807, 2.05) is 13.8 Å². The topological polar surface area (TPSA) is 62.5 Å². The van der Waals surface area contributed by atoms with Gasteiger partial charge >= 0.3 is 0 Å². The van der Waals surface area contributed by atoms with Crippen LogP contribution in [0.25, 0.3) is 0 Å². The Morgan fingerprint density at radius 2 is 2.33 bits per heavy atom. The summed E-state index contributed by atoms with van der Waals surface area (Å²) in [7, 11) is 0. The predicted octanol–water partition coefficient (Wildman–Crippen LogP) is 1.24. The summed E-state index contributed by atoms with van der Waals surface area (Å²) in [5, 5.41) is 17.9. The van der Waals surface area contributed by atoms with E-state index in [2.05, 4.69) is 6.07 Å². The van der Waals surface area contributed by atoms with E-state index in [0.29, 0.717) is 19.4 Å². The van der Waals surface area contributed by atoms with Crippen molar-refractivity contribution in [1.82, 2.24) is 0 Å². The summed E-state index contributed by atoms with van der Waals surface area (Å²) >= 11 is 0. The molecule has 0 bridgehead atoms. The number of ether oxygens (including phenoxy) is 2. The van der Waals surface area contributed by atoms with Crippen LogP contribution in [0, 0.1) is 11.3 Å². The summed E-state index contributed by atoms with van der Waals surface area (Å²) in [5.41, 5.74) is -1.05. The first-order valence-corrected chi connectivity index (χ1v) is 5.40. The molecule has 1 fully saturated rings. The number of nitrogens with zero attached hydrogens (tertiary/aromatic N) is 1. The molecular formula is C11H19NO3. The van der Waals surface area contributed by atoms with Crippen LogP contribution >= 0.6 is 0 Å². The standard InChI is InChI=1S/C11H19NO3/c1-3-10(2)8-11(9-12,4-6-14-10)15-7-5-13/h13H,3-8H2,1-2H3. The molecule has 1 heterocycles. The number of hydrogen-bond acceptors (Lipinski definition) is 4. The lowest BCUT2D eigenvalue weighted by atomic mass is 9.82. The molecule has 1 N–H and O–H groups in total. The monoisotopic (exact) mass is 213 g/mol. The highest BCUT2D eigenvalue weighted by atomic mass is 16.5. The second-order valence-corrected chi connectivity index (χ2v) is 4.26. The number of aliphatic hydroxyl groups is 1. The van der Waals surface area contributed by atoms with Crippen LogP contribution in [-0.2, 0) is 9.47 Å². The molecule has 1 saturated heterocycles. The van der Waals surface area contributed by atoms with Crippen molar-refractivity contribution in [3.8, 4) is 6.07 Å². The zero-order valence-electron chi connectivity index (χ0n) is 9.45. The van der Waals surface area contributed by atoms with E-state index < -0.39 is 5.60 Å². The summed E-state index contributed by atoms with van der Waals surface area (Å²) < 4.78 is 11.1. The van der Waals surface area contributed by atoms with Crippen LogP contribution in [0.3, 0.4) is 0 Å². The highest BCUT2D eigenvalue weighted by molar-refractivity contribution is 5.07. The maximum absolute atomic E-state index is 9.18. The summed E-state index contributed by atoms with van der Waals surface area (Å²) in [5.74, 6) is 0. The van der Waals surface area contributed by atoms with Crippen LogP contribution in [0.4, 0.5) is 0 Å². The number of aliphatic hydroxyl groups excluding tert-OH is 1. The van der Waals surface area contributed by atoms with Gasteiger partial charge in [0.05, 0.1) is 31.5 Å². The van der Waals surface area contributed by atoms with Gasteiger partial charge in [0.2, 0.25) is 0 Å². The van der Waals surface area contributed by atoms with Gasteiger partial charge < -0.3 is 14.6 Å². The van der Waals surface area contributed by atoms with Crippen molar-refractivity contribution in [1.29, 1.82) is 5.26 Å². The molecule has 4 heteroatoms. The Hall–Kier alpha value is -0.630. The first kappa shape index (κ1) is 12.4. The van der Waals surface area contributed by atoms with Gasteiger partial charge in [0.15, 0.2) is 5.60 Å². The third kappa shape index (κ3) is 2.91. The molecule has 2 unspecified atom stereocenters. The smallest absolute Gasteiger partial charge is 0.159 e. The van der Waals surface area contributed by atoms with Gasteiger partial charge in [-0.05, 0) is 13.3 Å². The van der Waals surface area contributed by atoms with E-state index in [0.717, 1.165) is 6.42 Å². The number of nitriles is 1. The Bertz CT molecular complexity index is 251. The molecule has 2 atom stereocenters. The SMILES string of the molecule is CCC1(C)CC(C#N)(OCCO)CCO1. The van der Waals surface area contributed by atoms with Crippen molar-refractivity contribution in [2.24, 2.45) is 0 Å². The summed E-state index contributed by atoms with van der Waals surface area (Å²) in [4.78, 5) is 0. The number of hydrogen-bond donors (Lipinski definition) is 1. The third-order valence-corrected chi connectivity index (χ3v) is 3.04. The molecule has 0 spiro atoms. The van der Waals surface area contributed by atoms with Gasteiger partial charge in [-0.25, -0.2) is 0 Å². The van der Waals surface area contributed by atoms with Gasteiger partial charge in [-0.3, -0.25) is 0 Å². The van der Waals surface area contributed by atoms with Crippen molar-refractivity contribution >= 4 is 0 Å². The van der Waals surface area contributed by atoms with Crippen LogP contribution in [0.1, 0.15) is 33.1 Å². The molecule has 0 aliphatic carbocycles. The van der Waals surface area contributed by atoms with Gasteiger partial charge in [-0.15, -0.1) is 0 Å². The lowest BCUT2D eigenvalue weighted by molar-refractivity contribution is -0.156. The molecule has 0 aromatic carbocycles. The fraction of sp³-hybridized carbons (Fsp3) is 0.909. The normalized spacial score (nSPS) is 36.1. The molecule has 0 aromatic heterocycles. The fourth-order valence-corrected chi connectivity index (χ4v) is 1.92. The number of rotatable bonds is 4. The van der Waals surface area contributed by atoms with E-state index in [9.17, 15) is 5.26 Å². The third-order valence-electron chi connectivity index (χ3n) is 3.04. The summed E-state index contributed by atoms with van der Waals surface area (Å²) in [6.07, 6.45) is 2.02. The van der Waals surface area contributed by atoms with Crippen LogP contribution in [0.2, 0.25) is 0 Å². The molecule has 1 aliphatic heterocycles. The van der Waals surface area contributed by atoms with E-state index >= 15 is 0 Å². The lowest BCUT2D eigenvalue weighted by Crippen LogP contribution is -2.48.